The molecule has 2 fully saturated rings. The molecule has 0 aromatic heterocycles. The molecule has 0 radical (unpaired) electrons. The number of unbranched alkanes of at least 4 members (excludes halogenated alkanes) is 2. The number of amides is 5. The van der Waals surface area contributed by atoms with Gasteiger partial charge in [-0.25, -0.2) is 5.48 Å². The summed E-state index contributed by atoms with van der Waals surface area (Å²) in [5.41, 5.74) is 2.38. The summed E-state index contributed by atoms with van der Waals surface area (Å²) in [5.74, 6) is -1.64. The summed E-state index contributed by atoms with van der Waals surface area (Å²) in [4.78, 5) is 67.7. The van der Waals surface area contributed by atoms with E-state index in [1.165, 1.54) is 0 Å². The monoisotopic (exact) mass is 587 g/mol. The van der Waals surface area contributed by atoms with Gasteiger partial charge in [0.15, 0.2) is 0 Å². The van der Waals surface area contributed by atoms with Crippen molar-refractivity contribution in [1.29, 1.82) is 0 Å². The van der Waals surface area contributed by atoms with Gasteiger partial charge in [0, 0.05) is 19.4 Å². The van der Waals surface area contributed by atoms with Gasteiger partial charge >= 0.3 is 0 Å². The van der Waals surface area contributed by atoms with Gasteiger partial charge < -0.3 is 25.6 Å². The Bertz CT molecular complexity index is 1100. The standard InChI is InChI=1S/C30H45N5O7/c1-4-19(2)26-30(40)35-17-9-8-11-24(35)29(39)31-22(10-6-5-7-12-25(36)34-41)27(37)32-23(28(38)33-26)18-20-13-15-21(42-3)16-14-20/h13-16,19,22-24,26,41H,4-12,17-18H2,1-3H3,(H,31,39)(H,32,37)(H,33,38)(H,34,36)/t19?,22-,23+,24?,26-/m0/s1. The van der Waals surface area contributed by atoms with Crippen LogP contribution in [0.3, 0.4) is 0 Å². The minimum absolute atomic E-state index is 0.139. The fourth-order valence-corrected chi connectivity index (χ4v) is 5.47. The molecule has 0 aliphatic carbocycles. The highest BCUT2D eigenvalue weighted by Crippen LogP contribution is 2.22. The first-order valence-electron chi connectivity index (χ1n) is 15.0. The van der Waals surface area contributed by atoms with Gasteiger partial charge in [0.2, 0.25) is 29.5 Å². The molecule has 232 valence electrons. The molecule has 1 aromatic rings. The molecule has 2 aliphatic rings. The van der Waals surface area contributed by atoms with Crippen molar-refractivity contribution in [3.63, 3.8) is 0 Å². The van der Waals surface area contributed by atoms with E-state index in [2.05, 4.69) is 16.0 Å². The van der Waals surface area contributed by atoms with E-state index in [-0.39, 0.29) is 37.0 Å². The summed E-state index contributed by atoms with van der Waals surface area (Å²) in [6, 6.07) is 3.68. The van der Waals surface area contributed by atoms with Crippen molar-refractivity contribution in [3.8, 4) is 5.75 Å². The first-order chi connectivity index (χ1) is 20.2. The van der Waals surface area contributed by atoms with Crippen molar-refractivity contribution in [2.75, 3.05) is 13.7 Å². The van der Waals surface area contributed by atoms with Crippen LogP contribution in [0.15, 0.2) is 24.3 Å². The number of nitrogens with zero attached hydrogens (tertiary/aromatic N) is 1. The summed E-state index contributed by atoms with van der Waals surface area (Å²) < 4.78 is 5.23. The van der Waals surface area contributed by atoms with Crippen molar-refractivity contribution >= 4 is 29.5 Å². The predicted molar refractivity (Wildman–Crippen MR) is 154 cm³/mol. The number of rotatable bonds is 11. The van der Waals surface area contributed by atoms with Crippen molar-refractivity contribution in [1.82, 2.24) is 26.3 Å². The van der Waals surface area contributed by atoms with E-state index in [4.69, 9.17) is 9.94 Å². The van der Waals surface area contributed by atoms with Crippen LogP contribution >= 0.6 is 0 Å². The van der Waals surface area contributed by atoms with E-state index < -0.39 is 41.9 Å². The number of hydrogen-bond donors (Lipinski definition) is 5. The predicted octanol–water partition coefficient (Wildman–Crippen LogP) is 1.59. The zero-order chi connectivity index (χ0) is 30.6. The normalized spacial score (nSPS) is 24.2. The molecule has 12 heteroatoms. The Hall–Kier alpha value is -3.67. The third-order valence-corrected chi connectivity index (χ3v) is 8.25. The number of piperidine rings is 1. The van der Waals surface area contributed by atoms with Gasteiger partial charge in [-0.1, -0.05) is 45.2 Å². The number of ether oxygens (including phenoxy) is 1. The smallest absolute Gasteiger partial charge is 0.246 e. The SMILES string of the molecule is CCC(C)[C@@H]1NC(=O)[C@@H](Cc2ccc(OC)cc2)NC(=O)[C@H](CCCCCC(=O)NO)NC(=O)C2CCCCN2C1=O. The van der Waals surface area contributed by atoms with Crippen LogP contribution in [-0.2, 0) is 30.4 Å². The van der Waals surface area contributed by atoms with Crippen molar-refractivity contribution in [3.05, 3.63) is 29.8 Å². The zero-order valence-electron chi connectivity index (χ0n) is 24.8. The molecule has 42 heavy (non-hydrogen) atoms. The minimum Gasteiger partial charge on any atom is -0.497 e. The molecule has 0 bridgehead atoms. The zero-order valence-corrected chi connectivity index (χ0v) is 24.8. The second-order valence-electron chi connectivity index (χ2n) is 11.2. The number of carbonyl (C=O) groups is 5. The molecule has 1 aromatic carbocycles. The average molecular weight is 588 g/mol. The van der Waals surface area contributed by atoms with Crippen LogP contribution in [0.2, 0.25) is 0 Å². The van der Waals surface area contributed by atoms with Crippen LogP contribution in [0.1, 0.15) is 77.2 Å². The maximum Gasteiger partial charge on any atom is 0.246 e. The molecule has 12 nitrogen and oxygen atoms in total. The molecule has 3 rings (SSSR count). The Morgan fingerprint density at radius 3 is 2.36 bits per heavy atom. The first kappa shape index (κ1) is 32.8. The Labute approximate surface area is 247 Å². The largest absolute Gasteiger partial charge is 0.497 e. The number of nitrogens with one attached hydrogen (secondary N) is 4. The van der Waals surface area contributed by atoms with Gasteiger partial charge in [0.1, 0.15) is 29.9 Å². The van der Waals surface area contributed by atoms with Crippen molar-refractivity contribution in [2.24, 2.45) is 5.92 Å². The lowest BCUT2D eigenvalue weighted by Gasteiger charge is -2.39. The lowest BCUT2D eigenvalue weighted by atomic mass is 9.93. The topological polar surface area (TPSA) is 166 Å². The molecule has 2 unspecified atom stereocenters. The van der Waals surface area contributed by atoms with E-state index in [1.807, 2.05) is 26.0 Å². The lowest BCUT2D eigenvalue weighted by Crippen LogP contribution is -2.64. The lowest BCUT2D eigenvalue weighted by molar-refractivity contribution is -0.147. The minimum atomic E-state index is -0.991. The molecule has 0 spiro atoms. The van der Waals surface area contributed by atoms with Gasteiger partial charge in [0.05, 0.1) is 7.11 Å². The maximum absolute atomic E-state index is 13.9. The number of benzene rings is 1. The Morgan fingerprint density at radius 1 is 1.00 bits per heavy atom. The summed E-state index contributed by atoms with van der Waals surface area (Å²) in [5, 5.41) is 17.3. The molecular formula is C30H45N5O7. The maximum atomic E-state index is 13.9. The Balaban J connectivity index is 1.90. The van der Waals surface area contributed by atoms with Crippen LogP contribution in [-0.4, -0.2) is 77.5 Å². The highest BCUT2D eigenvalue weighted by Gasteiger charge is 2.40. The molecule has 5 N–H and O–H groups in total. The molecular weight excluding hydrogens is 542 g/mol. The third kappa shape index (κ3) is 8.91. The summed E-state index contributed by atoms with van der Waals surface area (Å²) in [7, 11) is 1.56. The average Bonchev–Trinajstić information content (AvgIpc) is 3.01. The van der Waals surface area contributed by atoms with Crippen LogP contribution < -0.4 is 26.2 Å². The fraction of sp³-hybridized carbons (Fsp3) is 0.633. The van der Waals surface area contributed by atoms with Crippen LogP contribution in [0, 0.1) is 5.92 Å². The highest BCUT2D eigenvalue weighted by molar-refractivity contribution is 5.97. The van der Waals surface area contributed by atoms with Gasteiger partial charge in [-0.05, 0) is 55.7 Å². The van der Waals surface area contributed by atoms with E-state index in [1.54, 1.807) is 29.6 Å². The fourth-order valence-electron chi connectivity index (χ4n) is 5.47. The summed E-state index contributed by atoms with van der Waals surface area (Å²) in [6.45, 7) is 4.24. The molecule has 5 amide bonds. The second-order valence-corrected chi connectivity index (χ2v) is 11.2. The van der Waals surface area contributed by atoms with Crippen LogP contribution in [0.4, 0.5) is 0 Å². The Kier molecular flexibility index (Phi) is 12.6. The van der Waals surface area contributed by atoms with E-state index in [0.29, 0.717) is 44.4 Å². The van der Waals surface area contributed by atoms with E-state index in [9.17, 15) is 24.0 Å². The van der Waals surface area contributed by atoms with Crippen molar-refractivity contribution in [2.45, 2.75) is 102 Å². The Morgan fingerprint density at radius 2 is 1.69 bits per heavy atom. The van der Waals surface area contributed by atoms with Gasteiger partial charge in [-0.2, -0.15) is 0 Å². The van der Waals surface area contributed by atoms with Gasteiger partial charge in [-0.3, -0.25) is 29.2 Å². The molecule has 2 heterocycles. The summed E-state index contributed by atoms with van der Waals surface area (Å²) >= 11 is 0. The van der Waals surface area contributed by atoms with Gasteiger partial charge in [0.25, 0.3) is 0 Å². The number of fused-ring (bicyclic) bond motifs is 1. The number of methoxy groups -OCH3 is 1. The first-order valence-corrected chi connectivity index (χ1v) is 15.0. The second kappa shape index (κ2) is 16.1. The molecule has 2 saturated heterocycles. The van der Waals surface area contributed by atoms with Crippen LogP contribution in [0.25, 0.3) is 0 Å². The van der Waals surface area contributed by atoms with Crippen LogP contribution in [0.5, 0.6) is 5.75 Å². The number of hydroxylamine groups is 1. The van der Waals surface area contributed by atoms with Crippen molar-refractivity contribution < 1.29 is 33.9 Å². The van der Waals surface area contributed by atoms with E-state index in [0.717, 1.165) is 18.4 Å². The van der Waals surface area contributed by atoms with E-state index >= 15 is 0 Å². The molecule has 0 saturated carbocycles. The third-order valence-electron chi connectivity index (χ3n) is 8.25. The van der Waals surface area contributed by atoms with Gasteiger partial charge in [-0.15, -0.1) is 0 Å². The summed E-state index contributed by atoms with van der Waals surface area (Å²) in [6.07, 6.45) is 4.85. The molecule has 2 aliphatic heterocycles. The quantitative estimate of drug-likeness (QED) is 0.149. The number of carbonyl (C=O) groups excluding carboxylic acids is 5. The highest BCUT2D eigenvalue weighted by atomic mass is 16.5. The number of hydrogen-bond acceptors (Lipinski definition) is 7. The molecule has 5 atom stereocenters.